The summed E-state index contributed by atoms with van der Waals surface area (Å²) in [6.07, 6.45) is 6.59. The van der Waals surface area contributed by atoms with Crippen LogP contribution in [0.1, 0.15) is 37.7 Å². The number of hydrogen-bond acceptors (Lipinski definition) is 3. The van der Waals surface area contributed by atoms with Crippen LogP contribution in [0, 0.1) is 11.8 Å². The highest BCUT2D eigenvalue weighted by molar-refractivity contribution is 6.30. The summed E-state index contributed by atoms with van der Waals surface area (Å²) in [5.41, 5.74) is 7.84. The summed E-state index contributed by atoms with van der Waals surface area (Å²) in [5.74, 6) is 2.51. The third-order valence-corrected chi connectivity index (χ3v) is 5.20. The quantitative estimate of drug-likeness (QED) is 0.826. The van der Waals surface area contributed by atoms with E-state index in [2.05, 4.69) is 10.9 Å². The molecule has 1 heterocycles. The van der Waals surface area contributed by atoms with Crippen molar-refractivity contribution in [2.24, 2.45) is 16.8 Å². The smallest absolute Gasteiger partial charge is 0.144 e. The molecular weight excluding hydrogens is 258 g/mol. The molecule has 2 bridgehead atoms. The van der Waals surface area contributed by atoms with Gasteiger partial charge < -0.3 is 5.43 Å². The molecule has 3 saturated carbocycles. The molecule has 100 valence electrons. The monoisotopic (exact) mass is 275 g/mol. The van der Waals surface area contributed by atoms with Crippen molar-refractivity contribution in [3.63, 3.8) is 0 Å². The predicted molar refractivity (Wildman–Crippen MR) is 77.1 cm³/mol. The molecule has 0 aromatic heterocycles. The molecule has 5 rings (SSSR count). The van der Waals surface area contributed by atoms with E-state index in [9.17, 15) is 0 Å². The molecule has 3 fully saturated rings. The fourth-order valence-electron chi connectivity index (χ4n) is 3.91. The van der Waals surface area contributed by atoms with Crippen LogP contribution in [0.5, 0.6) is 0 Å². The van der Waals surface area contributed by atoms with Crippen molar-refractivity contribution in [2.75, 3.05) is 0 Å². The van der Waals surface area contributed by atoms with Gasteiger partial charge in [0.25, 0.3) is 0 Å². The Kier molecular flexibility index (Phi) is 2.61. The van der Waals surface area contributed by atoms with Gasteiger partial charge in [-0.1, -0.05) is 11.6 Å². The largest absolute Gasteiger partial charge is 0.303 e. The lowest BCUT2D eigenvalue weighted by Gasteiger charge is -2.47. The zero-order valence-electron chi connectivity index (χ0n) is 10.8. The highest BCUT2D eigenvalue weighted by Gasteiger charge is 2.49. The molecule has 4 heteroatoms. The fourth-order valence-corrected chi connectivity index (χ4v) is 4.03. The van der Waals surface area contributed by atoms with Crippen LogP contribution in [0.15, 0.2) is 29.3 Å². The van der Waals surface area contributed by atoms with Crippen LogP contribution in [0.3, 0.4) is 0 Å². The molecule has 0 amide bonds. The first-order valence-corrected chi connectivity index (χ1v) is 7.52. The number of hydrogen-bond donors (Lipinski definition) is 2. The van der Waals surface area contributed by atoms with Crippen molar-refractivity contribution in [1.82, 2.24) is 10.9 Å². The van der Waals surface area contributed by atoms with Gasteiger partial charge in [-0.25, -0.2) is 10.4 Å². The minimum absolute atomic E-state index is 0.0455. The third-order valence-electron chi connectivity index (χ3n) is 4.95. The van der Waals surface area contributed by atoms with Gasteiger partial charge in [-0.2, -0.15) is 0 Å². The molecule has 3 aliphatic carbocycles. The van der Waals surface area contributed by atoms with Crippen molar-refractivity contribution in [3.05, 3.63) is 34.9 Å². The summed E-state index contributed by atoms with van der Waals surface area (Å²) in [6.45, 7) is 0. The van der Waals surface area contributed by atoms with Crippen molar-refractivity contribution < 1.29 is 0 Å². The van der Waals surface area contributed by atoms with E-state index in [1.165, 1.54) is 32.1 Å². The number of benzene rings is 1. The lowest BCUT2D eigenvalue weighted by Crippen LogP contribution is -2.56. The van der Waals surface area contributed by atoms with Gasteiger partial charge in [0.05, 0.1) is 0 Å². The lowest BCUT2D eigenvalue weighted by atomic mass is 9.65. The number of hydrazine groups is 1. The number of nitrogens with zero attached hydrogens (tertiary/aromatic N) is 1. The standard InChI is InChI=1S/C15H18ClN3/c16-13-7-3-11(4-8-13)14-17-15(19-18-14)9-10-1-5-12(15)6-2-10/h3-4,7-8,10,12,19H,1-2,5-6,9H2,(H,17,18)/t10?,12?,15-/m0/s1. The highest BCUT2D eigenvalue weighted by Crippen LogP contribution is 2.48. The molecule has 1 spiro atoms. The summed E-state index contributed by atoms with van der Waals surface area (Å²) < 4.78 is 0. The van der Waals surface area contributed by atoms with Gasteiger partial charge in [0.1, 0.15) is 11.5 Å². The molecule has 19 heavy (non-hydrogen) atoms. The van der Waals surface area contributed by atoms with E-state index < -0.39 is 0 Å². The van der Waals surface area contributed by atoms with Gasteiger partial charge in [0, 0.05) is 10.6 Å². The second-order valence-electron chi connectivity index (χ2n) is 6.06. The SMILES string of the molecule is Clc1ccc(C2=N[C@@]3(CC4CCC3CC4)NN2)cc1. The predicted octanol–water partition coefficient (Wildman–Crippen LogP) is 3.10. The van der Waals surface area contributed by atoms with Crippen molar-refractivity contribution in [3.8, 4) is 0 Å². The molecule has 1 aliphatic heterocycles. The minimum Gasteiger partial charge on any atom is -0.303 e. The summed E-state index contributed by atoms with van der Waals surface area (Å²) >= 11 is 5.94. The molecule has 1 atom stereocenters. The summed E-state index contributed by atoms with van der Waals surface area (Å²) in [4.78, 5) is 5.01. The maximum atomic E-state index is 5.94. The van der Waals surface area contributed by atoms with Gasteiger partial charge >= 0.3 is 0 Å². The molecule has 2 N–H and O–H groups in total. The van der Waals surface area contributed by atoms with Gasteiger partial charge in [-0.3, -0.25) is 0 Å². The summed E-state index contributed by atoms with van der Waals surface area (Å²) in [6, 6.07) is 7.88. The number of amidine groups is 1. The van der Waals surface area contributed by atoms with Crippen LogP contribution >= 0.6 is 11.6 Å². The van der Waals surface area contributed by atoms with E-state index in [1.807, 2.05) is 24.3 Å². The molecule has 1 aromatic carbocycles. The Morgan fingerprint density at radius 1 is 1.11 bits per heavy atom. The highest BCUT2D eigenvalue weighted by atomic mass is 35.5. The Labute approximate surface area is 118 Å². The molecule has 1 aromatic rings. The van der Waals surface area contributed by atoms with Crippen LogP contribution in [0.4, 0.5) is 0 Å². The lowest BCUT2D eigenvalue weighted by molar-refractivity contribution is 0.0506. The Morgan fingerprint density at radius 3 is 2.47 bits per heavy atom. The van der Waals surface area contributed by atoms with E-state index in [0.717, 1.165) is 22.3 Å². The van der Waals surface area contributed by atoms with E-state index in [1.54, 1.807) is 0 Å². The molecule has 0 saturated heterocycles. The van der Waals surface area contributed by atoms with Crippen LogP contribution in [0.25, 0.3) is 0 Å². The first-order valence-electron chi connectivity index (χ1n) is 7.14. The molecule has 0 radical (unpaired) electrons. The van der Waals surface area contributed by atoms with E-state index in [4.69, 9.17) is 16.6 Å². The Hall–Kier alpha value is -1.06. The first kappa shape index (κ1) is 11.7. The zero-order chi connectivity index (χ0) is 12.9. The van der Waals surface area contributed by atoms with E-state index in [-0.39, 0.29) is 5.66 Å². The summed E-state index contributed by atoms with van der Waals surface area (Å²) in [7, 11) is 0. The average Bonchev–Trinajstić information content (AvgIpc) is 2.85. The zero-order valence-corrected chi connectivity index (χ0v) is 11.6. The maximum absolute atomic E-state index is 5.94. The molecule has 0 unspecified atom stereocenters. The van der Waals surface area contributed by atoms with Crippen molar-refractivity contribution >= 4 is 17.4 Å². The maximum Gasteiger partial charge on any atom is 0.144 e. The van der Waals surface area contributed by atoms with Crippen LogP contribution in [-0.4, -0.2) is 11.5 Å². The van der Waals surface area contributed by atoms with Gasteiger partial charge in [0.2, 0.25) is 0 Å². The Morgan fingerprint density at radius 2 is 1.84 bits per heavy atom. The van der Waals surface area contributed by atoms with E-state index in [0.29, 0.717) is 5.92 Å². The topological polar surface area (TPSA) is 36.4 Å². The minimum atomic E-state index is -0.0455. The number of halogens is 1. The van der Waals surface area contributed by atoms with E-state index >= 15 is 0 Å². The molecule has 3 nitrogen and oxygen atoms in total. The second-order valence-corrected chi connectivity index (χ2v) is 6.50. The number of rotatable bonds is 1. The summed E-state index contributed by atoms with van der Waals surface area (Å²) in [5, 5.41) is 0.766. The fraction of sp³-hybridized carbons (Fsp3) is 0.533. The van der Waals surface area contributed by atoms with Crippen LogP contribution < -0.4 is 10.9 Å². The van der Waals surface area contributed by atoms with Crippen LogP contribution in [0.2, 0.25) is 5.02 Å². The van der Waals surface area contributed by atoms with Gasteiger partial charge in [-0.15, -0.1) is 0 Å². The van der Waals surface area contributed by atoms with Crippen molar-refractivity contribution in [2.45, 2.75) is 37.8 Å². The third kappa shape index (κ3) is 1.87. The molecular formula is C15H18ClN3. The Bertz CT molecular complexity index is 517. The van der Waals surface area contributed by atoms with Gasteiger partial charge in [-0.05, 0) is 68.2 Å². The number of nitrogens with one attached hydrogen (secondary N) is 2. The van der Waals surface area contributed by atoms with Crippen LogP contribution in [-0.2, 0) is 0 Å². The first-order chi connectivity index (χ1) is 9.25. The number of aliphatic imine (C=N–C) groups is 1. The Balaban J connectivity index is 1.65. The second kappa shape index (κ2) is 4.22. The molecule has 4 aliphatic rings. The van der Waals surface area contributed by atoms with Crippen molar-refractivity contribution in [1.29, 1.82) is 0 Å². The average molecular weight is 276 g/mol. The normalized spacial score (nSPS) is 36.4. The number of fused-ring (bicyclic) bond motifs is 2. The van der Waals surface area contributed by atoms with Gasteiger partial charge in [0.15, 0.2) is 0 Å².